The highest BCUT2D eigenvalue weighted by atomic mass is 35.5. The summed E-state index contributed by atoms with van der Waals surface area (Å²) < 4.78 is 0. The molecule has 1 N–H and O–H groups in total. The molecule has 0 bridgehead atoms. The zero-order chi connectivity index (χ0) is 11.3. The van der Waals surface area contributed by atoms with Crippen molar-refractivity contribution in [1.29, 1.82) is 0 Å². The third-order valence-corrected chi connectivity index (χ3v) is 2.27. The van der Waals surface area contributed by atoms with Crippen LogP contribution >= 0.6 is 23.2 Å². The van der Waals surface area contributed by atoms with Gasteiger partial charge in [-0.3, -0.25) is 0 Å². The van der Waals surface area contributed by atoms with E-state index in [1.165, 1.54) is 6.08 Å². The number of carboxylic acids is 1. The lowest BCUT2D eigenvalue weighted by Crippen LogP contribution is -1.84. The summed E-state index contributed by atoms with van der Waals surface area (Å²) in [5, 5.41) is 9.41. The SMILES string of the molecule is O=C(O)/C=C\C=C\c1c(Cl)cccc1Cl. The third-order valence-electron chi connectivity index (χ3n) is 1.61. The maximum atomic E-state index is 10.2. The minimum absolute atomic E-state index is 0.530. The Morgan fingerprint density at radius 3 is 2.33 bits per heavy atom. The lowest BCUT2D eigenvalue weighted by Gasteiger charge is -1.99. The Morgan fingerprint density at radius 1 is 1.20 bits per heavy atom. The Bertz CT molecular complexity index is 402. The summed E-state index contributed by atoms with van der Waals surface area (Å²) in [5.74, 6) is -0.995. The molecule has 2 nitrogen and oxygen atoms in total. The second-order valence-electron chi connectivity index (χ2n) is 2.69. The fourth-order valence-corrected chi connectivity index (χ4v) is 1.48. The molecule has 0 aliphatic heterocycles. The normalized spacial score (nSPS) is 11.3. The predicted octanol–water partition coefficient (Wildman–Crippen LogP) is 3.65. The number of benzene rings is 1. The first-order chi connectivity index (χ1) is 7.11. The zero-order valence-corrected chi connectivity index (χ0v) is 9.16. The number of aliphatic carboxylic acids is 1. The molecule has 0 unspecified atom stereocenters. The van der Waals surface area contributed by atoms with E-state index in [-0.39, 0.29) is 0 Å². The van der Waals surface area contributed by atoms with Gasteiger partial charge in [0.15, 0.2) is 0 Å². The van der Waals surface area contributed by atoms with Crippen molar-refractivity contribution in [1.82, 2.24) is 0 Å². The molecule has 0 radical (unpaired) electrons. The first-order valence-electron chi connectivity index (χ1n) is 4.13. The van der Waals surface area contributed by atoms with Crippen molar-refractivity contribution in [3.63, 3.8) is 0 Å². The summed E-state index contributed by atoms with van der Waals surface area (Å²) >= 11 is 11.8. The van der Waals surface area contributed by atoms with Gasteiger partial charge in [0.1, 0.15) is 0 Å². The number of carboxylic acid groups (broad SMARTS) is 1. The van der Waals surface area contributed by atoms with Gasteiger partial charge in [-0.05, 0) is 12.1 Å². The van der Waals surface area contributed by atoms with Crippen molar-refractivity contribution in [3.05, 3.63) is 52.0 Å². The molecular weight excluding hydrogens is 235 g/mol. The highest BCUT2D eigenvalue weighted by Crippen LogP contribution is 2.25. The van der Waals surface area contributed by atoms with E-state index in [9.17, 15) is 4.79 Å². The summed E-state index contributed by atoms with van der Waals surface area (Å²) in [6.07, 6.45) is 5.66. The average molecular weight is 243 g/mol. The van der Waals surface area contributed by atoms with E-state index in [1.54, 1.807) is 30.4 Å². The monoisotopic (exact) mass is 242 g/mol. The molecule has 0 atom stereocenters. The second kappa shape index (κ2) is 5.59. The molecule has 0 aromatic heterocycles. The van der Waals surface area contributed by atoms with Gasteiger partial charge in [-0.1, -0.05) is 47.5 Å². The molecule has 0 aliphatic carbocycles. The van der Waals surface area contributed by atoms with Crippen LogP contribution in [-0.4, -0.2) is 11.1 Å². The van der Waals surface area contributed by atoms with Crippen molar-refractivity contribution >= 4 is 35.2 Å². The lowest BCUT2D eigenvalue weighted by atomic mass is 10.2. The second-order valence-corrected chi connectivity index (χ2v) is 3.51. The van der Waals surface area contributed by atoms with Crippen molar-refractivity contribution < 1.29 is 9.90 Å². The minimum atomic E-state index is -0.995. The van der Waals surface area contributed by atoms with Gasteiger partial charge in [-0.2, -0.15) is 0 Å². The molecule has 15 heavy (non-hydrogen) atoms. The van der Waals surface area contributed by atoms with E-state index in [1.807, 2.05) is 0 Å². The topological polar surface area (TPSA) is 37.3 Å². The molecule has 1 aromatic carbocycles. The Hall–Kier alpha value is -1.25. The molecular formula is C11H8Cl2O2. The van der Waals surface area contributed by atoms with Crippen LogP contribution in [0.15, 0.2) is 36.4 Å². The molecule has 0 amide bonds. The quantitative estimate of drug-likeness (QED) is 0.649. The fraction of sp³-hybridized carbons (Fsp3) is 0. The first-order valence-corrected chi connectivity index (χ1v) is 4.88. The van der Waals surface area contributed by atoms with Crippen molar-refractivity contribution in [2.45, 2.75) is 0 Å². The van der Waals surface area contributed by atoms with Gasteiger partial charge in [0.25, 0.3) is 0 Å². The van der Waals surface area contributed by atoms with Crippen molar-refractivity contribution in [3.8, 4) is 0 Å². The van der Waals surface area contributed by atoms with Gasteiger partial charge in [-0.25, -0.2) is 4.79 Å². The summed E-state index contributed by atoms with van der Waals surface area (Å²) in [6, 6.07) is 5.18. The fourth-order valence-electron chi connectivity index (χ4n) is 0.960. The Kier molecular flexibility index (Phi) is 4.40. The molecule has 1 rings (SSSR count). The number of carbonyl (C=O) groups is 1. The number of halogens is 2. The molecule has 4 heteroatoms. The Morgan fingerprint density at radius 2 is 1.80 bits per heavy atom. The summed E-state index contributed by atoms with van der Waals surface area (Å²) in [6.45, 7) is 0. The average Bonchev–Trinajstić information content (AvgIpc) is 2.15. The highest BCUT2D eigenvalue weighted by molar-refractivity contribution is 6.37. The van der Waals surface area contributed by atoms with Crippen LogP contribution in [0.2, 0.25) is 10.0 Å². The van der Waals surface area contributed by atoms with E-state index in [0.29, 0.717) is 15.6 Å². The smallest absolute Gasteiger partial charge is 0.328 e. The summed E-state index contributed by atoms with van der Waals surface area (Å²) in [7, 11) is 0. The van der Waals surface area contributed by atoms with Crippen LogP contribution in [0.3, 0.4) is 0 Å². The van der Waals surface area contributed by atoms with Gasteiger partial charge in [0.05, 0.1) is 0 Å². The standard InChI is InChI=1S/C11H8Cl2O2/c12-9-5-3-6-10(13)8(9)4-1-2-7-11(14)15/h1-7H,(H,14,15)/b4-1+,7-2-. The van der Waals surface area contributed by atoms with E-state index >= 15 is 0 Å². The van der Waals surface area contributed by atoms with E-state index in [2.05, 4.69) is 0 Å². The van der Waals surface area contributed by atoms with Gasteiger partial charge in [0, 0.05) is 21.7 Å². The lowest BCUT2D eigenvalue weighted by molar-refractivity contribution is -0.131. The number of allylic oxidation sites excluding steroid dienone is 2. The zero-order valence-electron chi connectivity index (χ0n) is 7.65. The van der Waals surface area contributed by atoms with Crippen LogP contribution in [0, 0.1) is 0 Å². The number of hydrogen-bond acceptors (Lipinski definition) is 1. The Balaban J connectivity index is 2.85. The predicted molar refractivity (Wildman–Crippen MR) is 62.3 cm³/mol. The molecule has 0 saturated heterocycles. The van der Waals surface area contributed by atoms with Crippen molar-refractivity contribution in [2.24, 2.45) is 0 Å². The van der Waals surface area contributed by atoms with Crippen LogP contribution in [-0.2, 0) is 4.79 Å². The van der Waals surface area contributed by atoms with E-state index in [0.717, 1.165) is 6.08 Å². The van der Waals surface area contributed by atoms with E-state index in [4.69, 9.17) is 28.3 Å². The van der Waals surface area contributed by atoms with Crippen LogP contribution < -0.4 is 0 Å². The third kappa shape index (κ3) is 3.78. The maximum absolute atomic E-state index is 10.2. The summed E-state index contributed by atoms with van der Waals surface area (Å²) in [4.78, 5) is 10.2. The molecule has 0 aliphatic rings. The summed E-state index contributed by atoms with van der Waals surface area (Å²) in [5.41, 5.74) is 0.677. The molecule has 0 spiro atoms. The highest BCUT2D eigenvalue weighted by Gasteiger charge is 1.99. The minimum Gasteiger partial charge on any atom is -0.478 e. The largest absolute Gasteiger partial charge is 0.478 e. The molecule has 0 heterocycles. The van der Waals surface area contributed by atoms with Gasteiger partial charge >= 0.3 is 5.97 Å². The maximum Gasteiger partial charge on any atom is 0.328 e. The molecule has 78 valence electrons. The van der Waals surface area contributed by atoms with Crippen molar-refractivity contribution in [2.75, 3.05) is 0 Å². The van der Waals surface area contributed by atoms with Crippen LogP contribution in [0.25, 0.3) is 6.08 Å². The molecule has 0 saturated carbocycles. The van der Waals surface area contributed by atoms with Gasteiger partial charge < -0.3 is 5.11 Å². The molecule has 0 fully saturated rings. The van der Waals surface area contributed by atoms with Crippen LogP contribution in [0.5, 0.6) is 0 Å². The van der Waals surface area contributed by atoms with Gasteiger partial charge in [0.2, 0.25) is 0 Å². The van der Waals surface area contributed by atoms with E-state index < -0.39 is 5.97 Å². The molecule has 1 aromatic rings. The number of hydrogen-bond donors (Lipinski definition) is 1. The first kappa shape index (κ1) is 11.8. The Labute approximate surface area is 97.4 Å². The van der Waals surface area contributed by atoms with Crippen LogP contribution in [0.1, 0.15) is 5.56 Å². The number of rotatable bonds is 3. The van der Waals surface area contributed by atoms with Gasteiger partial charge in [-0.15, -0.1) is 0 Å². The van der Waals surface area contributed by atoms with Crippen LogP contribution in [0.4, 0.5) is 0 Å².